The molecule has 0 saturated carbocycles. The third kappa shape index (κ3) is 6.58. The fourth-order valence-electron chi connectivity index (χ4n) is 4.04. The van der Waals surface area contributed by atoms with Gasteiger partial charge in [-0.15, -0.1) is 0 Å². The van der Waals surface area contributed by atoms with Gasteiger partial charge in [-0.25, -0.2) is 8.78 Å². The van der Waals surface area contributed by atoms with Crippen molar-refractivity contribution < 1.29 is 58.2 Å². The van der Waals surface area contributed by atoms with E-state index < -0.39 is 69.3 Å². The zero-order chi connectivity index (χ0) is 32.5. The SMILES string of the molecule is CCN(C(=O)c1ccccc1C)c1cccc(C(=O)Nc2c(Br)cc(C(F)(C(F)(F)F)C(F)(F)F)cc2OC(F)F)c1F. The zero-order valence-corrected chi connectivity index (χ0v) is 23.4. The number of nitrogens with zero attached hydrogens (tertiary/aromatic N) is 1. The van der Waals surface area contributed by atoms with E-state index in [4.69, 9.17) is 0 Å². The Kier molecular flexibility index (Phi) is 9.73. The summed E-state index contributed by atoms with van der Waals surface area (Å²) in [6.07, 6.45) is -13.2. The molecule has 0 aliphatic carbocycles. The number of anilines is 2. The average molecular weight is 689 g/mol. The van der Waals surface area contributed by atoms with Crippen molar-refractivity contribution in [3.63, 3.8) is 0 Å². The third-order valence-electron chi connectivity index (χ3n) is 6.14. The molecule has 0 bridgehead atoms. The first-order valence-electron chi connectivity index (χ1n) is 11.9. The number of alkyl halides is 9. The van der Waals surface area contributed by atoms with Crippen LogP contribution in [-0.2, 0) is 5.67 Å². The Hall–Kier alpha value is -3.82. The molecule has 1 N–H and O–H groups in total. The Morgan fingerprint density at radius 3 is 2.05 bits per heavy atom. The van der Waals surface area contributed by atoms with Crippen molar-refractivity contribution in [3.8, 4) is 5.75 Å². The Labute approximate surface area is 245 Å². The summed E-state index contributed by atoms with van der Waals surface area (Å²) in [5.41, 5.74) is -9.55. The number of hydrogen-bond donors (Lipinski definition) is 1. The molecular weight excluding hydrogens is 670 g/mol. The molecule has 3 aromatic rings. The van der Waals surface area contributed by atoms with Crippen molar-refractivity contribution in [1.29, 1.82) is 0 Å². The van der Waals surface area contributed by atoms with Crippen LogP contribution in [0.3, 0.4) is 0 Å². The number of amides is 2. The molecule has 3 rings (SSSR count). The average Bonchev–Trinajstić information content (AvgIpc) is 2.89. The van der Waals surface area contributed by atoms with Crippen LogP contribution >= 0.6 is 15.9 Å². The molecule has 232 valence electrons. The van der Waals surface area contributed by atoms with Gasteiger partial charge < -0.3 is 15.0 Å². The molecule has 0 unspecified atom stereocenters. The first-order chi connectivity index (χ1) is 19.8. The molecule has 0 aromatic heterocycles. The number of hydrogen-bond acceptors (Lipinski definition) is 3. The number of carbonyl (C=O) groups excluding carboxylic acids is 2. The molecule has 0 spiro atoms. The van der Waals surface area contributed by atoms with E-state index in [0.717, 1.165) is 17.0 Å². The lowest BCUT2D eigenvalue weighted by Crippen LogP contribution is -2.50. The van der Waals surface area contributed by atoms with E-state index in [2.05, 4.69) is 20.7 Å². The van der Waals surface area contributed by atoms with E-state index in [-0.39, 0.29) is 29.9 Å². The van der Waals surface area contributed by atoms with Crippen LogP contribution in [0.4, 0.5) is 55.3 Å². The van der Waals surface area contributed by atoms with Gasteiger partial charge in [0.1, 0.15) is 0 Å². The van der Waals surface area contributed by atoms with Gasteiger partial charge in [0.25, 0.3) is 11.8 Å². The van der Waals surface area contributed by atoms with E-state index in [0.29, 0.717) is 5.56 Å². The number of benzene rings is 3. The zero-order valence-electron chi connectivity index (χ0n) is 21.8. The lowest BCUT2D eigenvalue weighted by Gasteiger charge is -2.31. The Balaban J connectivity index is 2.08. The number of carbonyl (C=O) groups is 2. The molecule has 16 heteroatoms. The van der Waals surface area contributed by atoms with Gasteiger partial charge in [0.2, 0.25) is 0 Å². The summed E-state index contributed by atoms with van der Waals surface area (Å²) in [6.45, 7) is -0.770. The molecule has 0 saturated heterocycles. The molecule has 0 atom stereocenters. The second kappa shape index (κ2) is 12.4. The van der Waals surface area contributed by atoms with Crippen LogP contribution in [0.5, 0.6) is 5.75 Å². The number of ether oxygens (including phenoxy) is 1. The summed E-state index contributed by atoms with van der Waals surface area (Å²) in [5, 5.41) is 1.88. The predicted molar refractivity (Wildman–Crippen MR) is 139 cm³/mol. The van der Waals surface area contributed by atoms with Gasteiger partial charge in [-0.2, -0.15) is 35.1 Å². The summed E-state index contributed by atoms with van der Waals surface area (Å²) in [6, 6.07) is 9.27. The maximum atomic E-state index is 15.6. The van der Waals surface area contributed by atoms with Crippen LogP contribution in [0.25, 0.3) is 0 Å². The second-order valence-electron chi connectivity index (χ2n) is 8.82. The van der Waals surface area contributed by atoms with Gasteiger partial charge in [-0.1, -0.05) is 24.3 Å². The van der Waals surface area contributed by atoms with Gasteiger partial charge in [-0.05, 0) is 65.7 Å². The van der Waals surface area contributed by atoms with E-state index in [1.807, 2.05) is 5.32 Å². The standard InChI is InChI=1S/C27H19BrF10N2O3/c1-3-40(23(42)15-8-5-4-7-13(15)2)18-10-6-9-16(20(18)29)22(41)39-21-17(28)11-14(12-19(21)43-24(30)31)25(32,26(33,34)35)27(36,37)38/h4-12,24H,3H2,1-2H3,(H,39,41). The minimum Gasteiger partial charge on any atom is -0.433 e. The van der Waals surface area contributed by atoms with E-state index in [9.17, 15) is 49.1 Å². The topological polar surface area (TPSA) is 58.6 Å². The summed E-state index contributed by atoms with van der Waals surface area (Å²) < 4.78 is 139. The lowest BCUT2D eigenvalue weighted by molar-refractivity contribution is -0.348. The number of nitrogens with one attached hydrogen (secondary N) is 1. The molecular formula is C27H19BrF10N2O3. The van der Waals surface area contributed by atoms with Gasteiger partial charge in [-0.3, -0.25) is 9.59 Å². The Morgan fingerprint density at radius 2 is 1.51 bits per heavy atom. The van der Waals surface area contributed by atoms with Crippen molar-refractivity contribution in [2.75, 3.05) is 16.8 Å². The van der Waals surface area contributed by atoms with E-state index in [1.165, 1.54) is 19.1 Å². The van der Waals surface area contributed by atoms with Crippen LogP contribution < -0.4 is 15.0 Å². The van der Waals surface area contributed by atoms with Gasteiger partial charge >= 0.3 is 24.6 Å². The highest BCUT2D eigenvalue weighted by molar-refractivity contribution is 9.10. The molecule has 0 heterocycles. The first-order valence-corrected chi connectivity index (χ1v) is 12.7. The van der Waals surface area contributed by atoms with Crippen molar-refractivity contribution in [1.82, 2.24) is 0 Å². The van der Waals surface area contributed by atoms with Gasteiger partial charge in [0.05, 0.1) is 16.9 Å². The van der Waals surface area contributed by atoms with Crippen LogP contribution in [-0.4, -0.2) is 37.3 Å². The highest BCUT2D eigenvalue weighted by Crippen LogP contribution is 2.55. The van der Waals surface area contributed by atoms with Crippen molar-refractivity contribution in [2.45, 2.75) is 38.5 Å². The number of aryl methyl sites for hydroxylation is 1. The Morgan fingerprint density at radius 1 is 0.930 bits per heavy atom. The summed E-state index contributed by atoms with van der Waals surface area (Å²) in [5.74, 6) is -4.83. The van der Waals surface area contributed by atoms with Crippen LogP contribution in [0.1, 0.15) is 38.8 Å². The second-order valence-corrected chi connectivity index (χ2v) is 9.68. The van der Waals surface area contributed by atoms with Gasteiger partial charge in [0.15, 0.2) is 11.6 Å². The van der Waals surface area contributed by atoms with E-state index in [1.54, 1.807) is 25.1 Å². The van der Waals surface area contributed by atoms with Crippen molar-refractivity contribution in [3.05, 3.63) is 87.1 Å². The number of halogens is 11. The fourth-order valence-corrected chi connectivity index (χ4v) is 4.59. The lowest BCUT2D eigenvalue weighted by atomic mass is 9.93. The number of rotatable bonds is 8. The third-order valence-corrected chi connectivity index (χ3v) is 6.76. The smallest absolute Gasteiger partial charge is 0.433 e. The molecule has 43 heavy (non-hydrogen) atoms. The van der Waals surface area contributed by atoms with E-state index >= 15 is 4.39 Å². The highest BCUT2D eigenvalue weighted by Gasteiger charge is 2.73. The molecule has 0 radical (unpaired) electrons. The summed E-state index contributed by atoms with van der Waals surface area (Å²) >= 11 is 2.55. The quantitative estimate of drug-likeness (QED) is 0.241. The van der Waals surface area contributed by atoms with Crippen molar-refractivity contribution in [2.24, 2.45) is 0 Å². The normalized spacial score (nSPS) is 12.3. The minimum absolute atomic E-state index is 0.0403. The molecule has 0 aliphatic rings. The Bertz CT molecular complexity index is 1510. The summed E-state index contributed by atoms with van der Waals surface area (Å²) in [4.78, 5) is 27.2. The molecule has 3 aromatic carbocycles. The monoisotopic (exact) mass is 688 g/mol. The largest absolute Gasteiger partial charge is 0.435 e. The molecule has 0 fully saturated rings. The minimum atomic E-state index is -6.58. The van der Waals surface area contributed by atoms with Crippen molar-refractivity contribution >= 4 is 39.1 Å². The van der Waals surface area contributed by atoms with Crippen LogP contribution in [0.15, 0.2) is 59.1 Å². The molecule has 2 amide bonds. The highest BCUT2D eigenvalue weighted by atomic mass is 79.9. The summed E-state index contributed by atoms with van der Waals surface area (Å²) in [7, 11) is 0. The molecule has 5 nitrogen and oxygen atoms in total. The fraction of sp³-hybridized carbons (Fsp3) is 0.259. The van der Waals surface area contributed by atoms with Crippen LogP contribution in [0.2, 0.25) is 0 Å². The maximum Gasteiger partial charge on any atom is 0.435 e. The first kappa shape index (κ1) is 33.7. The maximum absolute atomic E-state index is 15.6. The molecule has 0 aliphatic heterocycles. The van der Waals surface area contributed by atoms with Gasteiger partial charge in [0, 0.05) is 22.1 Å². The predicted octanol–water partition coefficient (Wildman–Crippen LogP) is 8.71. The van der Waals surface area contributed by atoms with Crippen LogP contribution in [0, 0.1) is 12.7 Å².